The van der Waals surface area contributed by atoms with Crippen molar-refractivity contribution < 1.29 is 9.50 Å². The number of hydrogen-bond acceptors (Lipinski definition) is 2. The lowest BCUT2D eigenvalue weighted by atomic mass is 9.83. The topological polar surface area (TPSA) is 32.3 Å². The van der Waals surface area contributed by atoms with E-state index < -0.39 is 0 Å². The Morgan fingerprint density at radius 2 is 2.12 bits per heavy atom. The predicted octanol–water partition coefficient (Wildman–Crippen LogP) is 2.81. The third-order valence-corrected chi connectivity index (χ3v) is 3.23. The normalized spacial score (nSPS) is 16.1. The largest absolute Gasteiger partial charge is 0.508 e. The van der Waals surface area contributed by atoms with E-state index in [9.17, 15) is 9.50 Å². The van der Waals surface area contributed by atoms with Crippen molar-refractivity contribution in [3.05, 3.63) is 29.6 Å². The third-order valence-electron chi connectivity index (χ3n) is 3.23. The zero-order valence-corrected chi connectivity index (χ0v) is 9.38. The van der Waals surface area contributed by atoms with Crippen LogP contribution in [0.2, 0.25) is 0 Å². The fraction of sp³-hybridized carbons (Fsp3) is 0.538. The molecular weight excluding hydrogens is 205 g/mol. The average Bonchev–Trinajstić information content (AvgIpc) is 2.13. The van der Waals surface area contributed by atoms with Gasteiger partial charge in [-0.2, -0.15) is 0 Å². The first-order valence-electron chi connectivity index (χ1n) is 5.93. The van der Waals surface area contributed by atoms with Crippen molar-refractivity contribution >= 4 is 0 Å². The van der Waals surface area contributed by atoms with Crippen molar-refractivity contribution in [3.8, 4) is 5.75 Å². The Morgan fingerprint density at radius 1 is 1.31 bits per heavy atom. The second-order valence-electron chi connectivity index (χ2n) is 4.58. The van der Waals surface area contributed by atoms with Gasteiger partial charge in [0.25, 0.3) is 0 Å². The number of hydrogen-bond donors (Lipinski definition) is 2. The lowest BCUT2D eigenvalue weighted by Gasteiger charge is -2.25. The molecule has 2 rings (SSSR count). The van der Waals surface area contributed by atoms with E-state index in [2.05, 4.69) is 5.32 Å². The van der Waals surface area contributed by atoms with Crippen molar-refractivity contribution in [1.29, 1.82) is 0 Å². The molecule has 0 saturated heterocycles. The molecule has 0 heterocycles. The van der Waals surface area contributed by atoms with Gasteiger partial charge in [0, 0.05) is 12.6 Å². The summed E-state index contributed by atoms with van der Waals surface area (Å²) in [6.07, 6.45) is 5.31. The molecule has 0 unspecified atom stereocenters. The highest BCUT2D eigenvalue weighted by Crippen LogP contribution is 2.28. The van der Waals surface area contributed by atoms with E-state index in [1.54, 1.807) is 6.07 Å². The molecule has 0 spiro atoms. The van der Waals surface area contributed by atoms with Gasteiger partial charge in [-0.3, -0.25) is 0 Å². The summed E-state index contributed by atoms with van der Waals surface area (Å²) in [5, 5.41) is 12.5. The first-order chi connectivity index (χ1) is 7.74. The summed E-state index contributed by atoms with van der Waals surface area (Å²) < 4.78 is 12.9. The number of halogens is 1. The first-order valence-corrected chi connectivity index (χ1v) is 5.93. The van der Waals surface area contributed by atoms with Gasteiger partial charge in [0.15, 0.2) is 0 Å². The maximum absolute atomic E-state index is 12.9. The molecule has 0 aliphatic heterocycles. The van der Waals surface area contributed by atoms with E-state index in [4.69, 9.17) is 0 Å². The van der Waals surface area contributed by atoms with Gasteiger partial charge in [0.05, 0.1) is 0 Å². The highest BCUT2D eigenvalue weighted by atomic mass is 19.1. The molecule has 3 heteroatoms. The minimum atomic E-state index is -0.379. The van der Waals surface area contributed by atoms with Crippen molar-refractivity contribution in [2.75, 3.05) is 6.54 Å². The number of phenols is 1. The molecule has 1 saturated carbocycles. The van der Waals surface area contributed by atoms with Crippen LogP contribution in [0.5, 0.6) is 5.75 Å². The molecule has 0 bridgehead atoms. The Hall–Kier alpha value is -1.09. The molecule has 1 aromatic rings. The van der Waals surface area contributed by atoms with Crippen molar-refractivity contribution in [2.24, 2.45) is 5.92 Å². The van der Waals surface area contributed by atoms with Crippen LogP contribution < -0.4 is 5.32 Å². The van der Waals surface area contributed by atoms with Gasteiger partial charge in [-0.25, -0.2) is 4.39 Å². The van der Waals surface area contributed by atoms with Crippen molar-refractivity contribution in [2.45, 2.75) is 32.2 Å². The smallest absolute Gasteiger partial charge is 0.127 e. The molecule has 0 atom stereocenters. The molecule has 0 aromatic heterocycles. The monoisotopic (exact) mass is 223 g/mol. The summed E-state index contributed by atoms with van der Waals surface area (Å²) in [5.74, 6) is 0.514. The van der Waals surface area contributed by atoms with Gasteiger partial charge < -0.3 is 10.4 Å². The van der Waals surface area contributed by atoms with Crippen LogP contribution in [0.4, 0.5) is 4.39 Å². The zero-order chi connectivity index (χ0) is 11.4. The molecule has 1 fully saturated rings. The Morgan fingerprint density at radius 3 is 2.75 bits per heavy atom. The lowest BCUT2D eigenvalue weighted by Crippen LogP contribution is -2.21. The van der Waals surface area contributed by atoms with Gasteiger partial charge in [0.1, 0.15) is 11.6 Å². The van der Waals surface area contributed by atoms with Crippen LogP contribution >= 0.6 is 0 Å². The minimum absolute atomic E-state index is 0.00390. The van der Waals surface area contributed by atoms with Crippen LogP contribution in [0.25, 0.3) is 0 Å². The van der Waals surface area contributed by atoms with Crippen LogP contribution in [0.3, 0.4) is 0 Å². The SMILES string of the molecule is Oc1cc(F)cc(CNCCC2CCC2)c1. The van der Waals surface area contributed by atoms with Gasteiger partial charge in [-0.05, 0) is 36.6 Å². The molecule has 1 aromatic carbocycles. The Balaban J connectivity index is 1.71. The highest BCUT2D eigenvalue weighted by Gasteiger charge is 2.16. The summed E-state index contributed by atoms with van der Waals surface area (Å²) in [7, 11) is 0. The Kier molecular flexibility index (Phi) is 3.78. The minimum Gasteiger partial charge on any atom is -0.508 e. The van der Waals surface area contributed by atoms with Gasteiger partial charge in [0.2, 0.25) is 0 Å². The van der Waals surface area contributed by atoms with Crippen LogP contribution in [0.15, 0.2) is 18.2 Å². The second-order valence-corrected chi connectivity index (χ2v) is 4.58. The first kappa shape index (κ1) is 11.4. The molecule has 0 radical (unpaired) electrons. The average molecular weight is 223 g/mol. The van der Waals surface area contributed by atoms with Crippen molar-refractivity contribution in [1.82, 2.24) is 5.32 Å². The maximum Gasteiger partial charge on any atom is 0.127 e. The molecule has 1 aliphatic rings. The van der Waals surface area contributed by atoms with Crippen LogP contribution in [0.1, 0.15) is 31.2 Å². The Bertz CT molecular complexity index is 330. The van der Waals surface area contributed by atoms with Crippen LogP contribution in [-0.2, 0) is 6.54 Å². The number of phenolic OH excluding ortho intramolecular Hbond substituents is 1. The van der Waals surface area contributed by atoms with Crippen molar-refractivity contribution in [3.63, 3.8) is 0 Å². The lowest BCUT2D eigenvalue weighted by molar-refractivity contribution is 0.292. The van der Waals surface area contributed by atoms with Crippen LogP contribution in [0, 0.1) is 11.7 Å². The zero-order valence-electron chi connectivity index (χ0n) is 9.38. The fourth-order valence-electron chi connectivity index (χ4n) is 2.06. The second kappa shape index (κ2) is 5.30. The van der Waals surface area contributed by atoms with Crippen LogP contribution in [-0.4, -0.2) is 11.7 Å². The summed E-state index contributed by atoms with van der Waals surface area (Å²) in [4.78, 5) is 0. The summed E-state index contributed by atoms with van der Waals surface area (Å²) in [6, 6.07) is 4.17. The quantitative estimate of drug-likeness (QED) is 0.752. The highest BCUT2D eigenvalue weighted by molar-refractivity contribution is 5.28. The molecule has 2 nitrogen and oxygen atoms in total. The van der Waals surface area contributed by atoms with E-state index in [0.29, 0.717) is 6.54 Å². The molecule has 16 heavy (non-hydrogen) atoms. The number of nitrogens with one attached hydrogen (secondary N) is 1. The summed E-state index contributed by atoms with van der Waals surface area (Å²) >= 11 is 0. The number of aromatic hydroxyl groups is 1. The third kappa shape index (κ3) is 3.20. The summed E-state index contributed by atoms with van der Waals surface area (Å²) in [6.45, 7) is 1.60. The fourth-order valence-corrected chi connectivity index (χ4v) is 2.06. The van der Waals surface area contributed by atoms with Gasteiger partial charge in [-0.15, -0.1) is 0 Å². The molecule has 88 valence electrons. The standard InChI is InChI=1S/C13H18FNO/c14-12-6-11(7-13(16)8-12)9-15-5-4-10-2-1-3-10/h6-8,10,15-16H,1-5,9H2. The summed E-state index contributed by atoms with van der Waals surface area (Å²) in [5.41, 5.74) is 0.797. The van der Waals surface area contributed by atoms with E-state index >= 15 is 0 Å². The van der Waals surface area contributed by atoms with Gasteiger partial charge >= 0.3 is 0 Å². The molecule has 2 N–H and O–H groups in total. The van der Waals surface area contributed by atoms with E-state index in [0.717, 1.165) is 24.1 Å². The maximum atomic E-state index is 12.9. The molecule has 0 amide bonds. The van der Waals surface area contributed by atoms with E-state index in [-0.39, 0.29) is 11.6 Å². The molecule has 1 aliphatic carbocycles. The number of benzene rings is 1. The number of rotatable bonds is 5. The van der Waals surface area contributed by atoms with Gasteiger partial charge in [-0.1, -0.05) is 19.3 Å². The molecular formula is C13H18FNO. The Labute approximate surface area is 95.5 Å². The van der Waals surface area contributed by atoms with E-state index in [1.807, 2.05) is 0 Å². The predicted molar refractivity (Wildman–Crippen MR) is 61.7 cm³/mol. The van der Waals surface area contributed by atoms with E-state index in [1.165, 1.54) is 31.7 Å².